The van der Waals surface area contributed by atoms with Gasteiger partial charge in [-0.05, 0) is 19.1 Å². The largest absolute Gasteiger partial charge is 0.279 e. The van der Waals surface area contributed by atoms with Gasteiger partial charge in [-0.25, -0.2) is 0 Å². The Morgan fingerprint density at radius 3 is 2.47 bits per heavy atom. The van der Waals surface area contributed by atoms with Gasteiger partial charge in [0.25, 0.3) is 0 Å². The Hall–Kier alpha value is -1.83. The van der Waals surface area contributed by atoms with Crippen LogP contribution < -0.4 is 5.43 Å². The molecule has 15 heavy (non-hydrogen) atoms. The van der Waals surface area contributed by atoms with E-state index < -0.39 is 0 Å². The van der Waals surface area contributed by atoms with E-state index in [2.05, 4.69) is 41.7 Å². The molecule has 0 spiro atoms. The maximum atomic E-state index is 4.18. The van der Waals surface area contributed by atoms with Crippen molar-refractivity contribution < 1.29 is 0 Å². The Kier molecular flexibility index (Phi) is 2.98. The molecule has 1 aliphatic carbocycles. The number of rotatable bonds is 3. The van der Waals surface area contributed by atoms with Crippen LogP contribution in [0.4, 0.5) is 5.69 Å². The zero-order chi connectivity index (χ0) is 10.5. The van der Waals surface area contributed by atoms with Gasteiger partial charge in [0.2, 0.25) is 0 Å². The van der Waals surface area contributed by atoms with Gasteiger partial charge in [0.15, 0.2) is 0 Å². The first-order valence-electron chi connectivity index (χ1n) is 5.05. The summed E-state index contributed by atoms with van der Waals surface area (Å²) in [6.07, 6.45) is 10.1. The van der Waals surface area contributed by atoms with Gasteiger partial charge in [-0.15, -0.1) is 0 Å². The Morgan fingerprint density at radius 1 is 1.13 bits per heavy atom. The van der Waals surface area contributed by atoms with Gasteiger partial charge < -0.3 is 0 Å². The molecule has 0 aromatic heterocycles. The van der Waals surface area contributed by atoms with Crippen molar-refractivity contribution in [1.82, 2.24) is 0 Å². The average molecular weight is 198 g/mol. The number of hydrazone groups is 1. The Morgan fingerprint density at radius 2 is 1.80 bits per heavy atom. The summed E-state index contributed by atoms with van der Waals surface area (Å²) in [5.41, 5.74) is 5.27. The van der Waals surface area contributed by atoms with Crippen molar-refractivity contribution >= 4 is 11.9 Å². The molecule has 0 unspecified atom stereocenters. The molecule has 0 bridgehead atoms. The molecule has 2 nitrogen and oxygen atoms in total. The van der Waals surface area contributed by atoms with Crippen molar-refractivity contribution in [2.75, 3.05) is 5.43 Å². The van der Waals surface area contributed by atoms with Crippen LogP contribution in [0.2, 0.25) is 0 Å². The van der Waals surface area contributed by atoms with Crippen LogP contribution in [-0.4, -0.2) is 6.21 Å². The van der Waals surface area contributed by atoms with Crippen molar-refractivity contribution in [2.45, 2.75) is 6.92 Å². The van der Waals surface area contributed by atoms with E-state index in [1.165, 1.54) is 5.56 Å². The Bertz CT molecular complexity index is 387. The highest BCUT2D eigenvalue weighted by atomic mass is 15.3. The molecule has 0 heterocycles. The number of aryl methyl sites for hydroxylation is 1. The van der Waals surface area contributed by atoms with E-state index in [-0.39, 0.29) is 0 Å². The van der Waals surface area contributed by atoms with E-state index >= 15 is 0 Å². The van der Waals surface area contributed by atoms with Gasteiger partial charge in [0, 0.05) is 12.1 Å². The fraction of sp³-hybridized carbons (Fsp3) is 0.154. The monoisotopic (exact) mass is 198 g/mol. The van der Waals surface area contributed by atoms with Crippen LogP contribution in [0.1, 0.15) is 5.56 Å². The van der Waals surface area contributed by atoms with Crippen LogP contribution in [0.25, 0.3) is 0 Å². The third kappa shape index (κ3) is 2.81. The molecule has 0 fully saturated rings. The molecule has 1 aromatic rings. The summed E-state index contributed by atoms with van der Waals surface area (Å²) in [5, 5.41) is 4.18. The number of benzene rings is 1. The smallest absolute Gasteiger partial charge is 0.0561 e. The molecule has 1 aromatic carbocycles. The second kappa shape index (κ2) is 4.60. The van der Waals surface area contributed by atoms with Gasteiger partial charge >= 0.3 is 0 Å². The standard InChI is InChI=1S/C13H14N2/c1-11-6-8-13(9-7-11)15-14-10-12-4-2-3-5-12/h2-10,12,15H,1H3/b14-10+. The van der Waals surface area contributed by atoms with E-state index in [0.29, 0.717) is 5.92 Å². The summed E-state index contributed by atoms with van der Waals surface area (Å²) in [6, 6.07) is 8.17. The maximum absolute atomic E-state index is 4.18. The lowest BCUT2D eigenvalue weighted by atomic mass is 10.2. The topological polar surface area (TPSA) is 24.4 Å². The van der Waals surface area contributed by atoms with Crippen molar-refractivity contribution in [1.29, 1.82) is 0 Å². The predicted molar refractivity (Wildman–Crippen MR) is 65.1 cm³/mol. The highest BCUT2D eigenvalue weighted by Gasteiger charge is 1.97. The number of hydrogen-bond acceptors (Lipinski definition) is 2. The minimum Gasteiger partial charge on any atom is -0.279 e. The molecule has 0 saturated heterocycles. The molecule has 0 atom stereocenters. The number of hydrogen-bond donors (Lipinski definition) is 1. The molecule has 2 heteroatoms. The van der Waals surface area contributed by atoms with Crippen LogP contribution in [0, 0.1) is 12.8 Å². The Labute approximate surface area is 90.0 Å². The summed E-state index contributed by atoms with van der Waals surface area (Å²) in [5.74, 6) is 0.336. The van der Waals surface area contributed by atoms with E-state index in [9.17, 15) is 0 Å². The van der Waals surface area contributed by atoms with Crippen LogP contribution in [0.5, 0.6) is 0 Å². The highest BCUT2D eigenvalue weighted by molar-refractivity contribution is 5.68. The molecule has 1 N–H and O–H groups in total. The summed E-state index contributed by atoms with van der Waals surface area (Å²) in [4.78, 5) is 0. The van der Waals surface area contributed by atoms with Gasteiger partial charge in [-0.2, -0.15) is 5.10 Å². The second-order valence-corrected chi connectivity index (χ2v) is 3.60. The van der Waals surface area contributed by atoms with Crippen molar-refractivity contribution in [2.24, 2.45) is 11.0 Å². The molecular formula is C13H14N2. The van der Waals surface area contributed by atoms with Crippen LogP contribution in [0.15, 0.2) is 53.7 Å². The first-order valence-corrected chi connectivity index (χ1v) is 5.05. The summed E-state index contributed by atoms with van der Waals surface area (Å²) < 4.78 is 0. The zero-order valence-electron chi connectivity index (χ0n) is 8.72. The molecule has 0 aliphatic heterocycles. The van der Waals surface area contributed by atoms with E-state index in [0.717, 1.165) is 5.69 Å². The van der Waals surface area contributed by atoms with Gasteiger partial charge in [0.05, 0.1) is 5.69 Å². The number of nitrogens with zero attached hydrogens (tertiary/aromatic N) is 1. The lowest BCUT2D eigenvalue weighted by molar-refractivity contribution is 1.17. The quantitative estimate of drug-likeness (QED) is 0.585. The fourth-order valence-corrected chi connectivity index (χ4v) is 1.37. The molecule has 0 radical (unpaired) electrons. The van der Waals surface area contributed by atoms with E-state index in [1.807, 2.05) is 30.5 Å². The maximum Gasteiger partial charge on any atom is 0.0561 e. The number of allylic oxidation sites excluding steroid dienone is 4. The minimum atomic E-state index is 0.336. The molecular weight excluding hydrogens is 184 g/mol. The number of nitrogens with one attached hydrogen (secondary N) is 1. The first kappa shape index (κ1) is 9.71. The summed E-state index contributed by atoms with van der Waals surface area (Å²) >= 11 is 0. The van der Waals surface area contributed by atoms with Crippen LogP contribution in [0.3, 0.4) is 0 Å². The molecule has 1 aliphatic rings. The lowest BCUT2D eigenvalue weighted by Crippen LogP contribution is -1.95. The third-order valence-corrected chi connectivity index (χ3v) is 2.27. The van der Waals surface area contributed by atoms with Crippen molar-refractivity contribution in [3.63, 3.8) is 0 Å². The van der Waals surface area contributed by atoms with Crippen LogP contribution in [-0.2, 0) is 0 Å². The third-order valence-electron chi connectivity index (χ3n) is 2.27. The van der Waals surface area contributed by atoms with Gasteiger partial charge in [-0.1, -0.05) is 42.0 Å². The molecule has 0 saturated carbocycles. The van der Waals surface area contributed by atoms with Crippen LogP contribution >= 0.6 is 0 Å². The lowest BCUT2D eigenvalue weighted by Gasteiger charge is -2.01. The Balaban J connectivity index is 1.90. The van der Waals surface area contributed by atoms with E-state index in [4.69, 9.17) is 0 Å². The van der Waals surface area contributed by atoms with Crippen molar-refractivity contribution in [3.05, 3.63) is 54.1 Å². The molecule has 0 amide bonds. The predicted octanol–water partition coefficient (Wildman–Crippen LogP) is 3.13. The number of anilines is 1. The average Bonchev–Trinajstić information content (AvgIpc) is 2.74. The van der Waals surface area contributed by atoms with Crippen molar-refractivity contribution in [3.8, 4) is 0 Å². The van der Waals surface area contributed by atoms with E-state index in [1.54, 1.807) is 0 Å². The van der Waals surface area contributed by atoms with Gasteiger partial charge in [0.1, 0.15) is 0 Å². The summed E-state index contributed by atoms with van der Waals surface area (Å²) in [6.45, 7) is 2.07. The first-order chi connectivity index (χ1) is 7.34. The molecule has 2 rings (SSSR count). The highest BCUT2D eigenvalue weighted by Crippen LogP contribution is 2.09. The molecule has 76 valence electrons. The normalized spacial score (nSPS) is 15.3. The zero-order valence-corrected chi connectivity index (χ0v) is 8.72. The minimum absolute atomic E-state index is 0.336. The SMILES string of the molecule is Cc1ccc(N/N=C/C2C=CC=C2)cc1. The second-order valence-electron chi connectivity index (χ2n) is 3.60. The summed E-state index contributed by atoms with van der Waals surface area (Å²) in [7, 11) is 0. The van der Waals surface area contributed by atoms with Gasteiger partial charge in [-0.3, -0.25) is 5.43 Å². The fourth-order valence-electron chi connectivity index (χ4n) is 1.37.